The van der Waals surface area contributed by atoms with Crippen LogP contribution < -0.4 is 0 Å². The van der Waals surface area contributed by atoms with E-state index < -0.39 is 173 Å². The molecular weight excluding hydrogens is 623 g/mol. The molecule has 0 saturated heterocycles. The highest BCUT2D eigenvalue weighted by Gasteiger charge is 2.21. The number of para-hydroxylation sites is 1. The monoisotopic (exact) mass is 674 g/mol. The maximum Gasteiger partial charge on any atom is 0.164 e. The lowest BCUT2D eigenvalue weighted by Crippen LogP contribution is -2.00. The van der Waals surface area contributed by atoms with Gasteiger partial charge in [0.25, 0.3) is 0 Å². The van der Waals surface area contributed by atoms with Gasteiger partial charge in [-0.15, -0.1) is 0 Å². The van der Waals surface area contributed by atoms with E-state index in [9.17, 15) is 6.85 Å². The Hall–Kier alpha value is -6.91. The van der Waals surface area contributed by atoms with Gasteiger partial charge >= 0.3 is 0 Å². The molecule has 10 rings (SSSR count). The van der Waals surface area contributed by atoms with Crippen LogP contribution in [0, 0.1) is 0 Å². The van der Waals surface area contributed by atoms with E-state index in [1.54, 1.807) is 24.3 Å². The lowest BCUT2D eigenvalue weighted by molar-refractivity contribution is 0.670. The smallest absolute Gasteiger partial charge is 0.164 e. The minimum Gasteiger partial charge on any atom is -0.455 e. The third-order valence-electron chi connectivity index (χ3n) is 8.06. The summed E-state index contributed by atoms with van der Waals surface area (Å²) in [7, 11) is 0. The molecule has 0 aliphatic rings. The van der Waals surface area contributed by atoms with E-state index in [-0.39, 0.29) is 60.6 Å². The molecule has 4 heteroatoms. The average molecular weight is 675 g/mol. The van der Waals surface area contributed by atoms with Crippen molar-refractivity contribution in [3.8, 4) is 56.4 Å². The van der Waals surface area contributed by atoms with Crippen LogP contribution in [0.25, 0.3) is 99.9 Å². The molecule has 238 valence electrons. The van der Waals surface area contributed by atoms with Gasteiger partial charge in [0.15, 0.2) is 17.5 Å². The molecule has 2 heterocycles. The summed E-state index contributed by atoms with van der Waals surface area (Å²) in [6.45, 7) is 0. The number of hydrogen-bond donors (Lipinski definition) is 0. The molecule has 0 atom stereocenters. The van der Waals surface area contributed by atoms with Crippen molar-refractivity contribution in [1.82, 2.24) is 15.0 Å². The lowest BCUT2D eigenvalue weighted by Gasteiger charge is -2.12. The number of aromatic nitrogens is 3. The van der Waals surface area contributed by atoms with Gasteiger partial charge in [-0.25, -0.2) is 15.0 Å². The molecule has 2 aromatic heterocycles. The zero-order chi connectivity index (χ0) is 53.7. The van der Waals surface area contributed by atoms with Crippen molar-refractivity contribution in [2.24, 2.45) is 0 Å². The normalized spacial score (nSPS) is 17.8. The van der Waals surface area contributed by atoms with Gasteiger partial charge in [0.1, 0.15) is 11.2 Å². The molecule has 0 amide bonds. The molecule has 51 heavy (non-hydrogen) atoms. The van der Waals surface area contributed by atoms with Crippen LogP contribution in [-0.2, 0) is 0 Å². The molecule has 0 bridgehead atoms. The second-order valence-corrected chi connectivity index (χ2v) is 11.0. The molecule has 0 aliphatic carbocycles. The van der Waals surface area contributed by atoms with Gasteiger partial charge in [0, 0.05) is 33.0 Å². The topological polar surface area (TPSA) is 51.8 Å². The van der Waals surface area contributed by atoms with Crippen molar-refractivity contribution in [2.45, 2.75) is 0 Å². The van der Waals surface area contributed by atoms with E-state index in [1.807, 2.05) is 0 Å². The maximum atomic E-state index is 9.65. The summed E-state index contributed by atoms with van der Waals surface area (Å²) in [6, 6.07) is -7.93. The van der Waals surface area contributed by atoms with Crippen LogP contribution in [0.1, 0.15) is 31.5 Å². The molecule has 10 aromatic rings. The lowest BCUT2D eigenvalue weighted by atomic mass is 9.94. The first-order valence-electron chi connectivity index (χ1n) is 26.7. The molecule has 8 aromatic carbocycles. The summed E-state index contributed by atoms with van der Waals surface area (Å²) in [5.41, 5.74) is -2.65. The van der Waals surface area contributed by atoms with Crippen molar-refractivity contribution < 1.29 is 35.9 Å². The van der Waals surface area contributed by atoms with E-state index in [2.05, 4.69) is 15.0 Å². The average Bonchev–Trinajstić information content (AvgIpc) is 3.78. The first kappa shape index (κ1) is 14.1. The standard InChI is InChI=1S/C47H29N3O/c1-3-11-30(12-4-1)31-19-24-35(25-20-31)46-48-45(34-14-5-2-6-15-34)49-47(50-46)40-28-27-38(44-43(40)39-17-9-10-18-42(39)51-44)36-26-23-33-22-21-32-13-7-8-16-37(32)41(33)29-36/h1-29H/i1D,2D,3D,4D,5D,6D,7D,8D,11D,12D,13D,14D,15D,16D,19D,20D,21D,22D,23D,24D,25D,26D,29D. The minimum atomic E-state index is -0.875. The van der Waals surface area contributed by atoms with Crippen LogP contribution >= 0.6 is 0 Å². The summed E-state index contributed by atoms with van der Waals surface area (Å²) in [4.78, 5) is 13.6. The van der Waals surface area contributed by atoms with Crippen LogP contribution in [0.3, 0.4) is 0 Å². The molecule has 0 unspecified atom stereocenters. The molecule has 0 fully saturated rings. The fourth-order valence-electron chi connectivity index (χ4n) is 5.76. The van der Waals surface area contributed by atoms with E-state index in [4.69, 9.17) is 29.1 Å². The van der Waals surface area contributed by atoms with Crippen LogP contribution in [0.5, 0.6) is 0 Å². The summed E-state index contributed by atoms with van der Waals surface area (Å²) >= 11 is 0. The maximum absolute atomic E-state index is 9.65. The van der Waals surface area contributed by atoms with E-state index in [0.29, 0.717) is 5.39 Å². The van der Waals surface area contributed by atoms with Crippen LogP contribution in [0.15, 0.2) is 180 Å². The third-order valence-corrected chi connectivity index (χ3v) is 8.06. The Morgan fingerprint density at radius 2 is 0.961 bits per heavy atom. The van der Waals surface area contributed by atoms with Gasteiger partial charge in [-0.1, -0.05) is 151 Å². The first-order chi connectivity index (χ1) is 34.8. The number of fused-ring (bicyclic) bond motifs is 6. The minimum absolute atomic E-state index is 0.0220. The Labute approximate surface area is 326 Å². The number of benzene rings is 8. The van der Waals surface area contributed by atoms with Gasteiger partial charge in [0.2, 0.25) is 0 Å². The van der Waals surface area contributed by atoms with Crippen molar-refractivity contribution in [1.29, 1.82) is 0 Å². The van der Waals surface area contributed by atoms with E-state index in [0.717, 1.165) is 0 Å². The predicted octanol–water partition coefficient (Wildman–Crippen LogP) is 12.4. The molecule has 0 spiro atoms. The molecular formula is C47H29N3O. The number of hydrogen-bond acceptors (Lipinski definition) is 4. The number of nitrogens with zero attached hydrogens (tertiary/aromatic N) is 3. The SMILES string of the molecule is [2H]c1c([2H])c([2H])c(-c2nc(-c3c([2H])c([2H])c(-c4c([2H])c([2H])c([2H])c([2H])c4[2H])c([2H])c3[2H])nc(-c3ccc(-c4c([2H])c([2H])c5c([2H])c([2H])c6c([2H])c([2H])c([2H])c([2H])c6c5c4[2H])c4oc5ccccc5c34)n2)c([2H])c1[2H]. The Morgan fingerprint density at radius 1 is 0.412 bits per heavy atom. The van der Waals surface area contributed by atoms with Crippen LogP contribution in [-0.4, -0.2) is 15.0 Å². The fourth-order valence-corrected chi connectivity index (χ4v) is 5.76. The molecule has 0 N–H and O–H groups in total. The third kappa shape index (κ3) is 5.04. The second-order valence-electron chi connectivity index (χ2n) is 11.0. The van der Waals surface area contributed by atoms with Gasteiger partial charge in [-0.3, -0.25) is 0 Å². The quantitative estimate of drug-likeness (QED) is 0.171. The Morgan fingerprint density at radius 3 is 1.75 bits per heavy atom. The van der Waals surface area contributed by atoms with Crippen molar-refractivity contribution in [3.63, 3.8) is 0 Å². The van der Waals surface area contributed by atoms with Gasteiger partial charge < -0.3 is 4.42 Å². The Kier molecular flexibility index (Phi) is 3.30. The highest BCUT2D eigenvalue weighted by atomic mass is 16.3. The Balaban J connectivity index is 1.32. The van der Waals surface area contributed by atoms with Crippen LogP contribution in [0.4, 0.5) is 0 Å². The largest absolute Gasteiger partial charge is 0.455 e. The van der Waals surface area contributed by atoms with Gasteiger partial charge in [-0.2, -0.15) is 0 Å². The zero-order valence-corrected chi connectivity index (χ0v) is 25.7. The summed E-state index contributed by atoms with van der Waals surface area (Å²) in [5.74, 6) is -1.63. The summed E-state index contributed by atoms with van der Waals surface area (Å²) in [6.07, 6.45) is 0. The highest BCUT2D eigenvalue weighted by molar-refractivity contribution is 6.16. The molecule has 4 nitrogen and oxygen atoms in total. The number of furan rings is 1. The van der Waals surface area contributed by atoms with Crippen LogP contribution in [0.2, 0.25) is 0 Å². The van der Waals surface area contributed by atoms with Gasteiger partial charge in [-0.05, 0) is 62.5 Å². The molecule has 0 saturated carbocycles. The first-order valence-corrected chi connectivity index (χ1v) is 15.2. The summed E-state index contributed by atoms with van der Waals surface area (Å²) < 4.78 is 207. The number of rotatable bonds is 5. The highest BCUT2D eigenvalue weighted by Crippen LogP contribution is 2.42. The van der Waals surface area contributed by atoms with Crippen molar-refractivity contribution in [3.05, 3.63) is 175 Å². The molecule has 0 aliphatic heterocycles. The van der Waals surface area contributed by atoms with E-state index in [1.165, 1.54) is 12.1 Å². The summed E-state index contributed by atoms with van der Waals surface area (Å²) in [5, 5.41) is -0.900. The second kappa shape index (κ2) is 11.9. The van der Waals surface area contributed by atoms with Crippen molar-refractivity contribution in [2.75, 3.05) is 0 Å². The van der Waals surface area contributed by atoms with Crippen molar-refractivity contribution >= 4 is 43.5 Å². The molecule has 0 radical (unpaired) electrons. The van der Waals surface area contributed by atoms with E-state index >= 15 is 0 Å². The Bertz CT molecular complexity index is 4170. The zero-order valence-electron chi connectivity index (χ0n) is 48.7. The predicted molar refractivity (Wildman–Crippen MR) is 209 cm³/mol. The fraction of sp³-hybridized carbons (Fsp3) is 0. The van der Waals surface area contributed by atoms with Gasteiger partial charge in [0.05, 0.1) is 31.5 Å².